The molecule has 0 radical (unpaired) electrons. The molecule has 4 rings (SSSR count). The van der Waals surface area contributed by atoms with Gasteiger partial charge in [-0.05, 0) is 36.3 Å². The van der Waals surface area contributed by atoms with Crippen molar-refractivity contribution in [2.75, 3.05) is 21.3 Å². The van der Waals surface area contributed by atoms with E-state index in [1.807, 2.05) is 42.5 Å². The molecule has 0 saturated heterocycles. The summed E-state index contributed by atoms with van der Waals surface area (Å²) in [5, 5.41) is 0. The SMILES string of the molecule is COC(=O)C1=C(C)N=c2s/c(=C\C=C\c3ccccc3)c(=O)n2C1c1ccc(OC)c(OC)c1. The Kier molecular flexibility index (Phi) is 6.79. The average molecular weight is 477 g/mol. The third-order valence-electron chi connectivity index (χ3n) is 5.49. The van der Waals surface area contributed by atoms with Gasteiger partial charge in [-0.1, -0.05) is 59.9 Å². The molecule has 2 aromatic carbocycles. The fourth-order valence-electron chi connectivity index (χ4n) is 3.86. The van der Waals surface area contributed by atoms with Crippen LogP contribution in [-0.2, 0) is 9.53 Å². The van der Waals surface area contributed by atoms with E-state index < -0.39 is 12.0 Å². The molecular formula is C26H24N2O5S. The molecule has 1 unspecified atom stereocenters. The van der Waals surface area contributed by atoms with E-state index in [4.69, 9.17) is 14.2 Å². The topological polar surface area (TPSA) is 79.1 Å². The number of nitrogens with zero attached hydrogens (tertiary/aromatic N) is 2. The van der Waals surface area contributed by atoms with Gasteiger partial charge in [0.2, 0.25) is 0 Å². The van der Waals surface area contributed by atoms with Gasteiger partial charge in [0.05, 0.1) is 43.2 Å². The minimum atomic E-state index is -0.719. The number of allylic oxidation sites excluding steroid dienone is 2. The number of carbonyl (C=O) groups excluding carboxylic acids is 1. The smallest absolute Gasteiger partial charge is 0.338 e. The molecule has 1 aliphatic heterocycles. The Hall–Kier alpha value is -3.91. The zero-order valence-corrected chi connectivity index (χ0v) is 20.1. The monoisotopic (exact) mass is 476 g/mol. The first kappa shape index (κ1) is 23.3. The molecule has 1 aliphatic rings. The summed E-state index contributed by atoms with van der Waals surface area (Å²) in [6, 6.07) is 14.4. The highest BCUT2D eigenvalue weighted by atomic mass is 32.1. The predicted molar refractivity (Wildman–Crippen MR) is 132 cm³/mol. The van der Waals surface area contributed by atoms with Crippen molar-refractivity contribution >= 4 is 29.5 Å². The maximum Gasteiger partial charge on any atom is 0.338 e. The van der Waals surface area contributed by atoms with Crippen molar-refractivity contribution in [3.05, 3.63) is 96.7 Å². The van der Waals surface area contributed by atoms with E-state index >= 15 is 0 Å². The molecule has 34 heavy (non-hydrogen) atoms. The summed E-state index contributed by atoms with van der Waals surface area (Å²) in [5.74, 6) is 0.496. The summed E-state index contributed by atoms with van der Waals surface area (Å²) in [6.45, 7) is 1.74. The van der Waals surface area contributed by atoms with Crippen LogP contribution in [0.15, 0.2) is 75.7 Å². The zero-order valence-electron chi connectivity index (χ0n) is 19.3. The number of methoxy groups -OCH3 is 3. The van der Waals surface area contributed by atoms with E-state index in [1.54, 1.807) is 38.3 Å². The third kappa shape index (κ3) is 4.32. The lowest BCUT2D eigenvalue weighted by Crippen LogP contribution is -2.39. The first-order valence-electron chi connectivity index (χ1n) is 10.5. The Labute approximate surface area is 200 Å². The Morgan fingerprint density at radius 3 is 2.47 bits per heavy atom. The number of aromatic nitrogens is 1. The standard InChI is InChI=1S/C26H24N2O5S/c1-16-22(25(30)33-4)23(18-13-14-19(31-2)20(15-18)32-3)28-24(29)21(34-26(28)27-16)12-8-11-17-9-6-5-7-10-17/h5-15,23H,1-4H3/b11-8+,21-12-. The first-order chi connectivity index (χ1) is 16.5. The number of esters is 1. The van der Waals surface area contributed by atoms with Gasteiger partial charge in [0, 0.05) is 0 Å². The van der Waals surface area contributed by atoms with E-state index in [2.05, 4.69) is 4.99 Å². The Bertz CT molecular complexity index is 1470. The van der Waals surface area contributed by atoms with Crippen molar-refractivity contribution in [2.45, 2.75) is 13.0 Å². The van der Waals surface area contributed by atoms with Crippen molar-refractivity contribution in [3.63, 3.8) is 0 Å². The fraction of sp³-hybridized carbons (Fsp3) is 0.192. The van der Waals surface area contributed by atoms with Crippen LogP contribution in [0.2, 0.25) is 0 Å². The lowest BCUT2D eigenvalue weighted by atomic mass is 9.95. The van der Waals surface area contributed by atoms with Gasteiger partial charge in [0.1, 0.15) is 0 Å². The minimum absolute atomic E-state index is 0.241. The molecule has 3 aromatic rings. The second-order valence-corrected chi connectivity index (χ2v) is 8.49. The number of hydrogen-bond donors (Lipinski definition) is 0. The number of ether oxygens (including phenoxy) is 3. The zero-order chi connectivity index (χ0) is 24.2. The van der Waals surface area contributed by atoms with Gasteiger partial charge in [-0.2, -0.15) is 0 Å². The molecule has 0 fully saturated rings. The summed E-state index contributed by atoms with van der Waals surface area (Å²) in [7, 11) is 4.40. The summed E-state index contributed by atoms with van der Waals surface area (Å²) in [6.07, 6.45) is 5.52. The van der Waals surface area contributed by atoms with Gasteiger partial charge in [-0.25, -0.2) is 9.79 Å². The summed E-state index contributed by atoms with van der Waals surface area (Å²) < 4.78 is 17.9. The molecule has 8 heteroatoms. The Morgan fingerprint density at radius 2 is 1.79 bits per heavy atom. The van der Waals surface area contributed by atoms with E-state index in [1.165, 1.54) is 30.1 Å². The van der Waals surface area contributed by atoms with E-state index in [0.29, 0.717) is 37.7 Å². The van der Waals surface area contributed by atoms with Crippen LogP contribution in [0.5, 0.6) is 11.5 Å². The van der Waals surface area contributed by atoms with Crippen LogP contribution in [0.25, 0.3) is 12.2 Å². The second-order valence-electron chi connectivity index (χ2n) is 7.48. The van der Waals surface area contributed by atoms with E-state index in [9.17, 15) is 9.59 Å². The van der Waals surface area contributed by atoms with Crippen LogP contribution < -0.4 is 24.4 Å². The van der Waals surface area contributed by atoms with Gasteiger partial charge in [0.25, 0.3) is 5.56 Å². The summed E-state index contributed by atoms with van der Waals surface area (Å²) >= 11 is 1.27. The molecule has 0 amide bonds. The molecule has 0 N–H and O–H groups in total. The maximum atomic E-state index is 13.5. The number of carbonyl (C=O) groups is 1. The van der Waals surface area contributed by atoms with Crippen LogP contribution in [0.4, 0.5) is 0 Å². The quantitative estimate of drug-likeness (QED) is 0.511. The van der Waals surface area contributed by atoms with Gasteiger partial charge in [-0.3, -0.25) is 9.36 Å². The molecule has 0 spiro atoms. The Balaban J connectivity index is 1.89. The summed E-state index contributed by atoms with van der Waals surface area (Å²) in [5.41, 5.74) is 2.27. The van der Waals surface area contributed by atoms with Crippen LogP contribution in [0.3, 0.4) is 0 Å². The van der Waals surface area contributed by atoms with Crippen molar-refractivity contribution in [3.8, 4) is 11.5 Å². The molecule has 174 valence electrons. The number of thiazole rings is 1. The molecule has 1 aromatic heterocycles. The highest BCUT2D eigenvalue weighted by Crippen LogP contribution is 2.35. The van der Waals surface area contributed by atoms with Gasteiger partial charge in [-0.15, -0.1) is 0 Å². The van der Waals surface area contributed by atoms with Crippen molar-refractivity contribution in [1.29, 1.82) is 0 Å². The second kappa shape index (κ2) is 9.93. The van der Waals surface area contributed by atoms with Crippen molar-refractivity contribution in [2.24, 2.45) is 4.99 Å². The summed E-state index contributed by atoms with van der Waals surface area (Å²) in [4.78, 5) is 31.3. The largest absolute Gasteiger partial charge is 0.493 e. The Morgan fingerprint density at radius 1 is 1.06 bits per heavy atom. The molecule has 0 saturated carbocycles. The lowest BCUT2D eigenvalue weighted by Gasteiger charge is -2.25. The van der Waals surface area contributed by atoms with Crippen LogP contribution in [-0.4, -0.2) is 31.9 Å². The van der Waals surface area contributed by atoms with Crippen LogP contribution >= 0.6 is 11.3 Å². The minimum Gasteiger partial charge on any atom is -0.493 e. The number of hydrogen-bond acceptors (Lipinski definition) is 7. The molecule has 1 atom stereocenters. The third-order valence-corrected chi connectivity index (χ3v) is 6.49. The molecule has 2 heterocycles. The van der Waals surface area contributed by atoms with Crippen LogP contribution in [0.1, 0.15) is 24.1 Å². The van der Waals surface area contributed by atoms with Crippen molar-refractivity contribution < 1.29 is 19.0 Å². The maximum absolute atomic E-state index is 13.5. The molecule has 0 aliphatic carbocycles. The van der Waals surface area contributed by atoms with E-state index in [0.717, 1.165) is 5.56 Å². The average Bonchev–Trinajstić information content (AvgIpc) is 3.17. The normalized spacial score (nSPS) is 15.8. The van der Waals surface area contributed by atoms with E-state index in [-0.39, 0.29) is 5.56 Å². The molecule has 0 bridgehead atoms. The lowest BCUT2D eigenvalue weighted by molar-refractivity contribution is -0.136. The number of rotatable bonds is 6. The number of fused-ring (bicyclic) bond motifs is 1. The molecular weight excluding hydrogens is 452 g/mol. The number of benzene rings is 2. The van der Waals surface area contributed by atoms with Gasteiger partial charge >= 0.3 is 5.97 Å². The van der Waals surface area contributed by atoms with Crippen LogP contribution in [0, 0.1) is 0 Å². The highest BCUT2D eigenvalue weighted by Gasteiger charge is 2.33. The highest BCUT2D eigenvalue weighted by molar-refractivity contribution is 7.07. The van der Waals surface area contributed by atoms with Crippen molar-refractivity contribution in [1.82, 2.24) is 4.57 Å². The fourth-order valence-corrected chi connectivity index (χ4v) is 4.85. The van der Waals surface area contributed by atoms with Gasteiger partial charge < -0.3 is 14.2 Å². The first-order valence-corrected chi connectivity index (χ1v) is 11.3. The molecule has 7 nitrogen and oxygen atoms in total. The predicted octanol–water partition coefficient (Wildman–Crippen LogP) is 3.09. The van der Waals surface area contributed by atoms with Gasteiger partial charge in [0.15, 0.2) is 16.3 Å².